The van der Waals surface area contributed by atoms with Gasteiger partial charge in [0.05, 0.1) is 11.6 Å². The molecule has 0 aliphatic rings. The summed E-state index contributed by atoms with van der Waals surface area (Å²) in [7, 11) is 1.77. The van der Waals surface area contributed by atoms with Gasteiger partial charge in [0, 0.05) is 18.2 Å². The van der Waals surface area contributed by atoms with E-state index in [9.17, 15) is 4.79 Å². The van der Waals surface area contributed by atoms with Crippen molar-refractivity contribution in [2.24, 2.45) is 5.41 Å². The fraction of sp³-hybridized carbons (Fsp3) is 0.429. The maximum absolute atomic E-state index is 12.2. The van der Waals surface area contributed by atoms with E-state index in [0.29, 0.717) is 5.56 Å². The Balaban J connectivity index is 2.93. The Morgan fingerprint density at radius 3 is 2.29 bits per heavy atom. The van der Waals surface area contributed by atoms with Gasteiger partial charge in [-0.15, -0.1) is 0 Å². The molecule has 1 aromatic rings. The summed E-state index contributed by atoms with van der Waals surface area (Å²) in [5.41, 5.74) is 1.06. The van der Waals surface area contributed by atoms with Crippen LogP contribution in [0.4, 0.5) is 5.69 Å². The zero-order valence-corrected chi connectivity index (χ0v) is 10.8. The molecule has 1 aromatic carbocycles. The summed E-state index contributed by atoms with van der Waals surface area (Å²) in [4.78, 5) is 13.9. The van der Waals surface area contributed by atoms with Gasteiger partial charge in [0.2, 0.25) is 5.91 Å². The van der Waals surface area contributed by atoms with Gasteiger partial charge in [-0.25, -0.2) is 0 Å². The Hall–Kier alpha value is -1.82. The number of nitriles is 1. The van der Waals surface area contributed by atoms with Crippen LogP contribution in [0.5, 0.6) is 0 Å². The second kappa shape index (κ2) is 5.01. The van der Waals surface area contributed by atoms with Gasteiger partial charge >= 0.3 is 0 Å². The molecule has 0 bridgehead atoms. The largest absolute Gasteiger partial charge is 0.315 e. The molecule has 0 N–H and O–H groups in total. The SMILES string of the molecule is CCC(C)(C)C(=O)N(C)c1ccc(C#N)cc1. The maximum Gasteiger partial charge on any atom is 0.232 e. The number of hydrogen-bond acceptors (Lipinski definition) is 2. The number of benzene rings is 1. The molecule has 1 rings (SSSR count). The second-order valence-electron chi connectivity index (χ2n) is 4.76. The van der Waals surface area contributed by atoms with E-state index in [1.807, 2.05) is 20.8 Å². The molecule has 0 radical (unpaired) electrons. The molecule has 0 heterocycles. The zero-order chi connectivity index (χ0) is 13.1. The summed E-state index contributed by atoms with van der Waals surface area (Å²) in [6.07, 6.45) is 0.798. The number of nitrogens with zero attached hydrogens (tertiary/aromatic N) is 2. The average molecular weight is 230 g/mol. The lowest BCUT2D eigenvalue weighted by molar-refractivity contribution is -0.126. The first-order valence-corrected chi connectivity index (χ1v) is 5.70. The molecule has 0 saturated heterocycles. The number of carbonyl (C=O) groups excluding carboxylic acids is 1. The molecule has 1 amide bonds. The fourth-order valence-electron chi connectivity index (χ4n) is 1.48. The first kappa shape index (κ1) is 13.2. The highest BCUT2D eigenvalue weighted by atomic mass is 16.2. The summed E-state index contributed by atoms with van der Waals surface area (Å²) in [6, 6.07) is 9.09. The van der Waals surface area contributed by atoms with Gasteiger partial charge in [-0.3, -0.25) is 4.79 Å². The van der Waals surface area contributed by atoms with Crippen LogP contribution in [0.15, 0.2) is 24.3 Å². The molecule has 0 aromatic heterocycles. The van der Waals surface area contributed by atoms with Crippen molar-refractivity contribution in [3.63, 3.8) is 0 Å². The molecule has 0 spiro atoms. The predicted octanol–water partition coefficient (Wildman–Crippen LogP) is 2.96. The van der Waals surface area contributed by atoms with Gasteiger partial charge in [-0.2, -0.15) is 5.26 Å². The van der Waals surface area contributed by atoms with E-state index < -0.39 is 0 Å². The molecule has 0 aliphatic carbocycles. The number of carbonyl (C=O) groups is 1. The Morgan fingerprint density at radius 2 is 1.88 bits per heavy atom. The summed E-state index contributed by atoms with van der Waals surface area (Å²) >= 11 is 0. The molecule has 3 nitrogen and oxygen atoms in total. The van der Waals surface area contributed by atoms with Crippen LogP contribution in [0.25, 0.3) is 0 Å². The second-order valence-corrected chi connectivity index (χ2v) is 4.76. The third-order valence-corrected chi connectivity index (χ3v) is 3.15. The molecular formula is C14H18N2O. The Kier molecular flexibility index (Phi) is 3.90. The number of rotatable bonds is 3. The van der Waals surface area contributed by atoms with Gasteiger partial charge in [0.15, 0.2) is 0 Å². The predicted molar refractivity (Wildman–Crippen MR) is 68.6 cm³/mol. The summed E-state index contributed by atoms with van der Waals surface area (Å²) in [5.74, 6) is 0.0877. The van der Waals surface area contributed by atoms with Crippen LogP contribution < -0.4 is 4.90 Å². The van der Waals surface area contributed by atoms with E-state index >= 15 is 0 Å². The highest BCUT2D eigenvalue weighted by molar-refractivity contribution is 5.96. The van der Waals surface area contributed by atoms with E-state index in [1.54, 1.807) is 36.2 Å². The Bertz CT molecular complexity index is 440. The Labute approximate surface area is 103 Å². The van der Waals surface area contributed by atoms with Gasteiger partial charge in [0.1, 0.15) is 0 Å². The van der Waals surface area contributed by atoms with Crippen molar-refractivity contribution in [2.45, 2.75) is 27.2 Å². The smallest absolute Gasteiger partial charge is 0.232 e. The zero-order valence-electron chi connectivity index (χ0n) is 10.8. The van der Waals surface area contributed by atoms with E-state index in [4.69, 9.17) is 5.26 Å². The highest BCUT2D eigenvalue weighted by Gasteiger charge is 2.28. The van der Waals surface area contributed by atoms with Crippen molar-refractivity contribution in [1.29, 1.82) is 5.26 Å². The standard InChI is InChI=1S/C14H18N2O/c1-5-14(2,3)13(17)16(4)12-8-6-11(10-15)7-9-12/h6-9H,5H2,1-4H3. The molecule has 3 heteroatoms. The van der Waals surface area contributed by atoms with E-state index in [0.717, 1.165) is 12.1 Å². The minimum absolute atomic E-state index is 0.0877. The lowest BCUT2D eigenvalue weighted by Gasteiger charge is -2.28. The van der Waals surface area contributed by atoms with Crippen molar-refractivity contribution in [2.75, 3.05) is 11.9 Å². The third-order valence-electron chi connectivity index (χ3n) is 3.15. The first-order chi connectivity index (χ1) is 7.92. The molecule has 0 aliphatic heterocycles. The lowest BCUT2D eigenvalue weighted by atomic mass is 9.88. The number of hydrogen-bond donors (Lipinski definition) is 0. The monoisotopic (exact) mass is 230 g/mol. The summed E-state index contributed by atoms with van der Waals surface area (Å²) in [5, 5.41) is 8.71. The topological polar surface area (TPSA) is 44.1 Å². The molecule has 0 saturated carbocycles. The van der Waals surface area contributed by atoms with Crippen molar-refractivity contribution >= 4 is 11.6 Å². The van der Waals surface area contributed by atoms with Crippen LogP contribution in [-0.4, -0.2) is 13.0 Å². The van der Waals surface area contributed by atoms with Crippen molar-refractivity contribution in [3.05, 3.63) is 29.8 Å². The molecule has 90 valence electrons. The highest BCUT2D eigenvalue weighted by Crippen LogP contribution is 2.25. The number of anilines is 1. The van der Waals surface area contributed by atoms with E-state index in [-0.39, 0.29) is 11.3 Å². The van der Waals surface area contributed by atoms with Crippen molar-refractivity contribution < 1.29 is 4.79 Å². The quantitative estimate of drug-likeness (QED) is 0.801. The van der Waals surface area contributed by atoms with E-state index in [2.05, 4.69) is 6.07 Å². The minimum atomic E-state index is -0.358. The van der Waals surface area contributed by atoms with Gasteiger partial charge in [-0.1, -0.05) is 20.8 Å². The van der Waals surface area contributed by atoms with Crippen LogP contribution >= 0.6 is 0 Å². The van der Waals surface area contributed by atoms with Crippen LogP contribution in [0.1, 0.15) is 32.8 Å². The molecule has 0 unspecified atom stereocenters. The number of amides is 1. The normalized spacial score (nSPS) is 10.8. The molecule has 0 fully saturated rings. The van der Waals surface area contributed by atoms with Gasteiger partial charge < -0.3 is 4.90 Å². The third kappa shape index (κ3) is 2.85. The lowest BCUT2D eigenvalue weighted by Crippen LogP contribution is -2.38. The molecule has 0 atom stereocenters. The van der Waals surface area contributed by atoms with E-state index in [1.165, 1.54) is 0 Å². The van der Waals surface area contributed by atoms with Crippen LogP contribution in [0.2, 0.25) is 0 Å². The van der Waals surface area contributed by atoms with Crippen LogP contribution in [0, 0.1) is 16.7 Å². The van der Waals surface area contributed by atoms with Crippen LogP contribution in [0.3, 0.4) is 0 Å². The first-order valence-electron chi connectivity index (χ1n) is 5.70. The minimum Gasteiger partial charge on any atom is -0.315 e. The fourth-order valence-corrected chi connectivity index (χ4v) is 1.48. The molecule has 17 heavy (non-hydrogen) atoms. The van der Waals surface area contributed by atoms with Gasteiger partial charge in [-0.05, 0) is 30.7 Å². The molecular weight excluding hydrogens is 212 g/mol. The van der Waals surface area contributed by atoms with Crippen molar-refractivity contribution in [3.8, 4) is 6.07 Å². The summed E-state index contributed by atoms with van der Waals surface area (Å²) in [6.45, 7) is 5.88. The summed E-state index contributed by atoms with van der Waals surface area (Å²) < 4.78 is 0. The van der Waals surface area contributed by atoms with Crippen LogP contribution in [-0.2, 0) is 4.79 Å². The Morgan fingerprint density at radius 1 is 1.35 bits per heavy atom. The maximum atomic E-state index is 12.2. The average Bonchev–Trinajstić information content (AvgIpc) is 2.37. The van der Waals surface area contributed by atoms with Gasteiger partial charge in [0.25, 0.3) is 0 Å². The van der Waals surface area contributed by atoms with Crippen molar-refractivity contribution in [1.82, 2.24) is 0 Å².